The molecule has 2 rings (SSSR count). The minimum Gasteiger partial charge on any atom is -0.424 e. The van der Waals surface area contributed by atoms with Crippen molar-refractivity contribution in [1.29, 1.82) is 0 Å². The fraction of sp³-hybridized carbons (Fsp3) is 0.308. The summed E-state index contributed by atoms with van der Waals surface area (Å²) in [6, 6.07) is 1.69. The molecular formula is C13H13F3N4O2. The Morgan fingerprint density at radius 2 is 2.00 bits per heavy atom. The lowest BCUT2D eigenvalue weighted by molar-refractivity contribution is -0.117. The van der Waals surface area contributed by atoms with Gasteiger partial charge in [0.25, 0.3) is 0 Å². The first-order chi connectivity index (χ1) is 10.4. The van der Waals surface area contributed by atoms with Crippen LogP contribution in [-0.4, -0.2) is 34.6 Å². The van der Waals surface area contributed by atoms with Crippen LogP contribution in [0.3, 0.4) is 0 Å². The van der Waals surface area contributed by atoms with Crippen LogP contribution in [0.15, 0.2) is 16.5 Å². The van der Waals surface area contributed by atoms with E-state index in [0.717, 1.165) is 12.1 Å². The maximum absolute atomic E-state index is 13.4. The van der Waals surface area contributed by atoms with E-state index in [2.05, 4.69) is 15.5 Å². The number of halogens is 3. The largest absolute Gasteiger partial charge is 0.424 e. The smallest absolute Gasteiger partial charge is 0.238 e. The minimum absolute atomic E-state index is 0.125. The Hall–Kier alpha value is -2.42. The first-order valence-electron chi connectivity index (χ1n) is 6.27. The summed E-state index contributed by atoms with van der Waals surface area (Å²) in [5.74, 6) is -4.26. The summed E-state index contributed by atoms with van der Waals surface area (Å²) in [6.45, 7) is 1.73. The Morgan fingerprint density at radius 3 is 2.64 bits per heavy atom. The number of nitrogens with zero attached hydrogens (tertiary/aromatic N) is 3. The molecule has 118 valence electrons. The van der Waals surface area contributed by atoms with Crippen molar-refractivity contribution >= 4 is 11.6 Å². The van der Waals surface area contributed by atoms with Gasteiger partial charge in [0.15, 0.2) is 17.5 Å². The Bertz CT molecular complexity index is 690. The van der Waals surface area contributed by atoms with E-state index in [-0.39, 0.29) is 13.1 Å². The molecule has 0 fully saturated rings. The van der Waals surface area contributed by atoms with Crippen molar-refractivity contribution in [1.82, 2.24) is 15.1 Å². The predicted molar refractivity (Wildman–Crippen MR) is 70.3 cm³/mol. The molecule has 22 heavy (non-hydrogen) atoms. The molecule has 0 atom stereocenters. The lowest BCUT2D eigenvalue weighted by atomic mass is 10.2. The molecule has 6 nitrogen and oxygen atoms in total. The number of hydrogen-bond donors (Lipinski definition) is 1. The number of rotatable bonds is 5. The van der Waals surface area contributed by atoms with Crippen LogP contribution >= 0.6 is 0 Å². The molecule has 1 aromatic heterocycles. The Morgan fingerprint density at radius 1 is 1.27 bits per heavy atom. The zero-order chi connectivity index (χ0) is 16.3. The Labute approximate surface area is 123 Å². The van der Waals surface area contributed by atoms with Crippen LogP contribution in [0.25, 0.3) is 0 Å². The molecule has 0 saturated carbocycles. The van der Waals surface area contributed by atoms with Crippen molar-refractivity contribution in [2.75, 3.05) is 18.9 Å². The summed E-state index contributed by atoms with van der Waals surface area (Å²) in [4.78, 5) is 13.3. The van der Waals surface area contributed by atoms with Gasteiger partial charge in [-0.3, -0.25) is 9.69 Å². The van der Waals surface area contributed by atoms with E-state index in [1.165, 1.54) is 0 Å². The van der Waals surface area contributed by atoms with Crippen LogP contribution in [0.2, 0.25) is 0 Å². The average molecular weight is 314 g/mol. The van der Waals surface area contributed by atoms with E-state index >= 15 is 0 Å². The highest BCUT2D eigenvalue weighted by molar-refractivity contribution is 5.92. The van der Waals surface area contributed by atoms with Gasteiger partial charge in [-0.15, -0.1) is 10.2 Å². The maximum atomic E-state index is 13.4. The van der Waals surface area contributed by atoms with Gasteiger partial charge < -0.3 is 9.73 Å². The van der Waals surface area contributed by atoms with Crippen molar-refractivity contribution in [2.45, 2.75) is 13.5 Å². The van der Waals surface area contributed by atoms with Gasteiger partial charge >= 0.3 is 0 Å². The molecule has 1 aromatic carbocycles. The fourth-order valence-corrected chi connectivity index (χ4v) is 1.75. The minimum atomic E-state index is -1.63. The third kappa shape index (κ3) is 3.82. The molecule has 9 heteroatoms. The normalized spacial score (nSPS) is 11.0. The van der Waals surface area contributed by atoms with Crippen LogP contribution in [0.4, 0.5) is 18.9 Å². The number of hydrogen-bond acceptors (Lipinski definition) is 5. The molecule has 1 amide bonds. The zero-order valence-corrected chi connectivity index (χ0v) is 11.9. The van der Waals surface area contributed by atoms with Crippen molar-refractivity contribution < 1.29 is 22.4 Å². The van der Waals surface area contributed by atoms with Gasteiger partial charge in [0.05, 0.1) is 18.8 Å². The third-order valence-corrected chi connectivity index (χ3v) is 2.70. The SMILES string of the molecule is Cc1nnc(CN(C)CC(=O)Nc2ccc(F)c(F)c2F)o1. The van der Waals surface area contributed by atoms with E-state index in [9.17, 15) is 18.0 Å². The summed E-state index contributed by atoms with van der Waals surface area (Å²) < 4.78 is 44.4. The first-order valence-corrected chi connectivity index (χ1v) is 6.27. The second-order valence-electron chi connectivity index (χ2n) is 4.66. The zero-order valence-electron chi connectivity index (χ0n) is 11.9. The van der Waals surface area contributed by atoms with Crippen LogP contribution in [0.5, 0.6) is 0 Å². The van der Waals surface area contributed by atoms with Crippen molar-refractivity contribution in [3.63, 3.8) is 0 Å². The van der Waals surface area contributed by atoms with Crippen LogP contribution in [0.1, 0.15) is 11.8 Å². The van der Waals surface area contributed by atoms with Crippen LogP contribution in [0, 0.1) is 24.4 Å². The van der Waals surface area contributed by atoms with Gasteiger partial charge in [-0.1, -0.05) is 0 Å². The van der Waals surface area contributed by atoms with Gasteiger partial charge in [0.1, 0.15) is 0 Å². The second kappa shape index (κ2) is 6.56. The molecule has 0 aliphatic rings. The lowest BCUT2D eigenvalue weighted by Crippen LogP contribution is -2.30. The Kier molecular flexibility index (Phi) is 4.76. The number of amides is 1. The molecule has 0 bridgehead atoms. The van der Waals surface area contributed by atoms with Gasteiger partial charge in [0, 0.05) is 6.92 Å². The number of aromatic nitrogens is 2. The molecule has 0 unspecified atom stereocenters. The van der Waals surface area contributed by atoms with E-state index in [4.69, 9.17) is 4.42 Å². The summed E-state index contributed by atoms with van der Waals surface area (Å²) >= 11 is 0. The quantitative estimate of drug-likeness (QED) is 0.853. The van der Waals surface area contributed by atoms with Crippen molar-refractivity contribution in [3.8, 4) is 0 Å². The van der Waals surface area contributed by atoms with Crippen LogP contribution in [-0.2, 0) is 11.3 Å². The summed E-state index contributed by atoms with van der Waals surface area (Å²) in [6.07, 6.45) is 0. The van der Waals surface area contributed by atoms with Gasteiger partial charge in [-0.2, -0.15) is 0 Å². The first kappa shape index (κ1) is 16.0. The van der Waals surface area contributed by atoms with Crippen LogP contribution < -0.4 is 5.32 Å². The van der Waals surface area contributed by atoms with E-state index in [1.54, 1.807) is 18.9 Å². The third-order valence-electron chi connectivity index (χ3n) is 2.70. The van der Waals surface area contributed by atoms with E-state index < -0.39 is 29.0 Å². The standard InChI is InChI=1S/C13H13F3N4O2/c1-7-18-19-11(22-7)6-20(2)5-10(21)17-9-4-3-8(14)12(15)13(9)16/h3-4H,5-6H2,1-2H3,(H,17,21). The molecule has 0 aliphatic heterocycles. The molecule has 2 aromatic rings. The number of anilines is 1. The summed E-state index contributed by atoms with van der Waals surface area (Å²) in [7, 11) is 1.61. The molecular weight excluding hydrogens is 301 g/mol. The van der Waals surface area contributed by atoms with Crippen molar-refractivity contribution in [2.24, 2.45) is 0 Å². The molecule has 1 heterocycles. The number of benzene rings is 1. The monoisotopic (exact) mass is 314 g/mol. The fourth-order valence-electron chi connectivity index (χ4n) is 1.75. The van der Waals surface area contributed by atoms with Gasteiger partial charge in [0.2, 0.25) is 17.7 Å². The predicted octanol–water partition coefficient (Wildman–Crippen LogP) is 1.87. The Balaban J connectivity index is 1.94. The molecule has 0 spiro atoms. The highest BCUT2D eigenvalue weighted by atomic mass is 19.2. The second-order valence-corrected chi connectivity index (χ2v) is 4.66. The maximum Gasteiger partial charge on any atom is 0.238 e. The number of nitrogens with one attached hydrogen (secondary N) is 1. The van der Waals surface area contributed by atoms with E-state index in [0.29, 0.717) is 11.8 Å². The molecule has 0 radical (unpaired) electrons. The number of carbonyl (C=O) groups is 1. The topological polar surface area (TPSA) is 71.3 Å². The number of likely N-dealkylation sites (N-methyl/N-ethyl adjacent to an activating group) is 1. The number of carbonyl (C=O) groups excluding carboxylic acids is 1. The molecule has 1 N–H and O–H groups in total. The summed E-state index contributed by atoms with van der Waals surface area (Å²) in [5, 5.41) is 9.59. The average Bonchev–Trinajstić information content (AvgIpc) is 2.84. The number of aryl methyl sites for hydroxylation is 1. The van der Waals surface area contributed by atoms with Crippen molar-refractivity contribution in [3.05, 3.63) is 41.4 Å². The highest BCUT2D eigenvalue weighted by Gasteiger charge is 2.16. The van der Waals surface area contributed by atoms with E-state index in [1.807, 2.05) is 0 Å². The summed E-state index contributed by atoms with van der Waals surface area (Å²) in [5.41, 5.74) is -0.425. The lowest BCUT2D eigenvalue weighted by Gasteiger charge is -2.14. The molecule has 0 saturated heterocycles. The van der Waals surface area contributed by atoms with Gasteiger partial charge in [-0.25, -0.2) is 13.2 Å². The molecule has 0 aliphatic carbocycles. The highest BCUT2D eigenvalue weighted by Crippen LogP contribution is 2.19. The van der Waals surface area contributed by atoms with Gasteiger partial charge in [-0.05, 0) is 19.2 Å².